The van der Waals surface area contributed by atoms with Crippen molar-refractivity contribution in [2.75, 3.05) is 6.61 Å². The summed E-state index contributed by atoms with van der Waals surface area (Å²) < 4.78 is 49.7. The van der Waals surface area contributed by atoms with Crippen LogP contribution in [0.3, 0.4) is 0 Å². The SMILES string of the molecule is CCOc1ccc2c(c1)s/c(=N\S(=O)(=O)c1ccc(F)cc1)n2C. The first kappa shape index (κ1) is 16.7. The smallest absolute Gasteiger partial charge is 0.285 e. The number of rotatable bonds is 4. The Balaban J connectivity index is 2.12. The van der Waals surface area contributed by atoms with Crippen molar-refractivity contribution in [2.45, 2.75) is 11.8 Å². The second kappa shape index (κ2) is 6.37. The van der Waals surface area contributed by atoms with Gasteiger partial charge in [-0.2, -0.15) is 8.42 Å². The minimum absolute atomic E-state index is 0.0450. The molecule has 0 amide bonds. The number of nitrogens with zero attached hydrogens (tertiary/aromatic N) is 2. The summed E-state index contributed by atoms with van der Waals surface area (Å²) in [5.41, 5.74) is 0.858. The summed E-state index contributed by atoms with van der Waals surface area (Å²) in [5.74, 6) is 0.226. The lowest BCUT2D eigenvalue weighted by Crippen LogP contribution is -2.13. The summed E-state index contributed by atoms with van der Waals surface area (Å²) in [7, 11) is -2.16. The van der Waals surface area contributed by atoms with Crippen molar-refractivity contribution in [1.29, 1.82) is 0 Å². The highest BCUT2D eigenvalue weighted by Gasteiger charge is 2.14. The van der Waals surface area contributed by atoms with Gasteiger partial charge in [0, 0.05) is 7.05 Å². The van der Waals surface area contributed by atoms with Crippen molar-refractivity contribution in [3.63, 3.8) is 0 Å². The van der Waals surface area contributed by atoms with Crippen LogP contribution in [0.15, 0.2) is 51.8 Å². The average Bonchev–Trinajstić information content (AvgIpc) is 2.83. The van der Waals surface area contributed by atoms with Crippen LogP contribution >= 0.6 is 11.3 Å². The second-order valence-electron chi connectivity index (χ2n) is 5.03. The normalized spacial score (nSPS) is 12.7. The lowest BCUT2D eigenvalue weighted by atomic mass is 10.3. The Morgan fingerprint density at radius 3 is 2.58 bits per heavy atom. The molecule has 0 aliphatic rings. The van der Waals surface area contributed by atoms with E-state index in [-0.39, 0.29) is 4.90 Å². The van der Waals surface area contributed by atoms with Gasteiger partial charge in [0.25, 0.3) is 10.0 Å². The first-order chi connectivity index (χ1) is 11.4. The summed E-state index contributed by atoms with van der Waals surface area (Å²) >= 11 is 1.25. The van der Waals surface area contributed by atoms with Gasteiger partial charge in [0.05, 0.1) is 21.7 Å². The van der Waals surface area contributed by atoms with E-state index in [2.05, 4.69) is 4.40 Å². The molecule has 3 rings (SSSR count). The zero-order valence-corrected chi connectivity index (χ0v) is 14.7. The fraction of sp³-hybridized carbons (Fsp3) is 0.188. The Bertz CT molecular complexity index is 1050. The van der Waals surface area contributed by atoms with Gasteiger partial charge in [0.2, 0.25) is 4.80 Å². The van der Waals surface area contributed by atoms with E-state index in [0.717, 1.165) is 28.1 Å². The van der Waals surface area contributed by atoms with Gasteiger partial charge in [-0.25, -0.2) is 4.39 Å². The number of aromatic nitrogens is 1. The molecule has 2 aromatic carbocycles. The van der Waals surface area contributed by atoms with Gasteiger partial charge >= 0.3 is 0 Å². The molecule has 0 saturated carbocycles. The molecule has 126 valence electrons. The molecule has 0 N–H and O–H groups in total. The van der Waals surface area contributed by atoms with E-state index in [9.17, 15) is 12.8 Å². The van der Waals surface area contributed by atoms with E-state index in [0.29, 0.717) is 11.4 Å². The number of thiazole rings is 1. The third-order valence-electron chi connectivity index (χ3n) is 3.40. The zero-order valence-electron chi connectivity index (χ0n) is 13.1. The number of aryl methyl sites for hydroxylation is 1. The maximum atomic E-state index is 13.0. The van der Waals surface area contributed by atoms with Crippen LogP contribution in [0.5, 0.6) is 5.75 Å². The van der Waals surface area contributed by atoms with Crippen LogP contribution in [-0.4, -0.2) is 19.6 Å². The third kappa shape index (κ3) is 3.20. The van der Waals surface area contributed by atoms with Gasteiger partial charge < -0.3 is 9.30 Å². The highest BCUT2D eigenvalue weighted by Crippen LogP contribution is 2.23. The highest BCUT2D eigenvalue weighted by molar-refractivity contribution is 7.90. The summed E-state index contributed by atoms with van der Waals surface area (Å²) in [6.07, 6.45) is 0. The third-order valence-corrected chi connectivity index (χ3v) is 5.89. The van der Waals surface area contributed by atoms with Gasteiger partial charge in [-0.1, -0.05) is 11.3 Å². The van der Waals surface area contributed by atoms with Crippen LogP contribution in [0, 0.1) is 5.82 Å². The number of hydrogen-bond acceptors (Lipinski definition) is 4. The number of benzene rings is 2. The standard InChI is InChI=1S/C16H15FN2O3S2/c1-3-22-12-6-9-14-15(10-12)23-16(19(14)2)18-24(20,21)13-7-4-11(17)5-8-13/h4-10H,3H2,1-2H3/b18-16-. The fourth-order valence-corrected chi connectivity index (χ4v) is 4.50. The molecule has 0 aliphatic heterocycles. The van der Waals surface area contributed by atoms with Crippen molar-refractivity contribution < 1.29 is 17.5 Å². The van der Waals surface area contributed by atoms with Gasteiger partial charge in [0.15, 0.2) is 0 Å². The number of ether oxygens (including phenoxy) is 1. The van der Waals surface area contributed by atoms with Crippen LogP contribution in [0.25, 0.3) is 10.2 Å². The molecule has 5 nitrogen and oxygen atoms in total. The Kier molecular flexibility index (Phi) is 4.42. The van der Waals surface area contributed by atoms with Crippen LogP contribution in [0.1, 0.15) is 6.92 Å². The molecule has 0 unspecified atom stereocenters. The van der Waals surface area contributed by atoms with Crippen LogP contribution in [-0.2, 0) is 17.1 Å². The Morgan fingerprint density at radius 1 is 1.21 bits per heavy atom. The monoisotopic (exact) mass is 366 g/mol. The lowest BCUT2D eigenvalue weighted by molar-refractivity contribution is 0.341. The maximum absolute atomic E-state index is 13.0. The van der Waals surface area contributed by atoms with Gasteiger partial charge in [-0.3, -0.25) is 0 Å². The van der Waals surface area contributed by atoms with E-state index >= 15 is 0 Å². The largest absolute Gasteiger partial charge is 0.494 e. The summed E-state index contributed by atoms with van der Waals surface area (Å²) in [4.78, 5) is 0.291. The minimum atomic E-state index is -3.90. The van der Waals surface area contributed by atoms with Gasteiger partial charge in [0.1, 0.15) is 11.6 Å². The molecule has 0 aliphatic carbocycles. The molecular formula is C16H15FN2O3S2. The first-order valence-electron chi connectivity index (χ1n) is 7.19. The molecule has 0 spiro atoms. The highest BCUT2D eigenvalue weighted by atomic mass is 32.2. The second-order valence-corrected chi connectivity index (χ2v) is 7.64. The lowest BCUT2D eigenvalue weighted by Gasteiger charge is -2.02. The molecule has 3 aromatic rings. The summed E-state index contributed by atoms with van der Waals surface area (Å²) in [6, 6.07) is 10.1. The first-order valence-corrected chi connectivity index (χ1v) is 9.45. The topological polar surface area (TPSA) is 60.7 Å². The summed E-state index contributed by atoms with van der Waals surface area (Å²) in [6.45, 7) is 2.45. The van der Waals surface area contributed by atoms with Crippen molar-refractivity contribution >= 4 is 31.6 Å². The number of halogens is 1. The van der Waals surface area contributed by atoms with Crippen molar-refractivity contribution in [3.05, 3.63) is 53.1 Å². The van der Waals surface area contributed by atoms with Gasteiger partial charge in [-0.05, 0) is 49.4 Å². The van der Waals surface area contributed by atoms with Crippen LogP contribution < -0.4 is 9.54 Å². The van der Waals surface area contributed by atoms with Crippen molar-refractivity contribution in [1.82, 2.24) is 4.57 Å². The van der Waals surface area contributed by atoms with Crippen molar-refractivity contribution in [2.24, 2.45) is 11.4 Å². The Labute approximate surface area is 142 Å². The number of sulfonamides is 1. The number of hydrogen-bond donors (Lipinski definition) is 0. The van der Waals surface area contributed by atoms with Crippen LogP contribution in [0.4, 0.5) is 4.39 Å². The molecule has 8 heteroatoms. The Morgan fingerprint density at radius 2 is 1.92 bits per heavy atom. The molecule has 0 saturated heterocycles. The van der Waals surface area contributed by atoms with Gasteiger partial charge in [-0.15, -0.1) is 4.40 Å². The minimum Gasteiger partial charge on any atom is -0.494 e. The Hall–Kier alpha value is -2.19. The average molecular weight is 366 g/mol. The molecule has 0 atom stereocenters. The van der Waals surface area contributed by atoms with E-state index in [4.69, 9.17) is 4.74 Å². The molecule has 0 fully saturated rings. The van der Waals surface area contributed by atoms with Crippen molar-refractivity contribution in [3.8, 4) is 5.75 Å². The molecular weight excluding hydrogens is 351 g/mol. The molecule has 1 heterocycles. The van der Waals surface area contributed by atoms with E-state index < -0.39 is 15.8 Å². The zero-order chi connectivity index (χ0) is 17.3. The maximum Gasteiger partial charge on any atom is 0.285 e. The van der Waals surface area contributed by atoms with Crippen LogP contribution in [0.2, 0.25) is 0 Å². The molecule has 0 radical (unpaired) electrons. The molecule has 1 aromatic heterocycles. The molecule has 0 bridgehead atoms. The quantitative estimate of drug-likeness (QED) is 0.713. The van der Waals surface area contributed by atoms with E-state index in [1.807, 2.05) is 25.1 Å². The summed E-state index contributed by atoms with van der Waals surface area (Å²) in [5, 5.41) is 0. The predicted octanol–water partition coefficient (Wildman–Crippen LogP) is 3.07. The molecule has 24 heavy (non-hydrogen) atoms. The fourth-order valence-electron chi connectivity index (χ4n) is 2.22. The predicted molar refractivity (Wildman–Crippen MR) is 91.1 cm³/mol. The van der Waals surface area contributed by atoms with E-state index in [1.54, 1.807) is 11.6 Å². The van der Waals surface area contributed by atoms with E-state index in [1.165, 1.54) is 23.5 Å². The number of fused-ring (bicyclic) bond motifs is 1.